The fourth-order valence-electron chi connectivity index (χ4n) is 3.67. The van der Waals surface area contributed by atoms with Gasteiger partial charge in [-0.1, -0.05) is 54.9 Å². The van der Waals surface area contributed by atoms with Gasteiger partial charge in [-0.3, -0.25) is 0 Å². The van der Waals surface area contributed by atoms with Crippen molar-refractivity contribution in [3.8, 4) is 11.8 Å². The van der Waals surface area contributed by atoms with Crippen molar-refractivity contribution in [2.24, 2.45) is 0 Å². The maximum atomic E-state index is 10.2. The van der Waals surface area contributed by atoms with E-state index in [0.717, 1.165) is 12.8 Å². The Morgan fingerprint density at radius 2 is 1.68 bits per heavy atom. The molecule has 1 aliphatic rings. The summed E-state index contributed by atoms with van der Waals surface area (Å²) in [7, 11) is 3.14. The summed E-state index contributed by atoms with van der Waals surface area (Å²) in [4.78, 5) is 8.84. The van der Waals surface area contributed by atoms with E-state index in [9.17, 15) is 5.11 Å². The Morgan fingerprint density at radius 1 is 1.08 bits per heavy atom. The minimum Gasteiger partial charge on any atom is -0.481 e. The molecule has 6 heteroatoms. The molecule has 0 amide bonds. The van der Waals surface area contributed by atoms with Crippen LogP contribution in [0.25, 0.3) is 0 Å². The zero-order valence-electron chi connectivity index (χ0n) is 14.6. The van der Waals surface area contributed by atoms with Gasteiger partial charge in [0.25, 0.3) is 0 Å². The number of ether oxygens (including phenoxy) is 2. The third-order valence-corrected chi connectivity index (χ3v) is 6.23. The highest BCUT2D eigenvalue weighted by Crippen LogP contribution is 2.49. The Bertz CT molecular complexity index is 668. The van der Waals surface area contributed by atoms with Gasteiger partial charge < -0.3 is 14.6 Å². The average Bonchev–Trinajstić information content (AvgIpc) is 3.17. The van der Waals surface area contributed by atoms with Crippen LogP contribution in [0.15, 0.2) is 41.6 Å². The van der Waals surface area contributed by atoms with Crippen LogP contribution in [0.3, 0.4) is 0 Å². The van der Waals surface area contributed by atoms with E-state index in [2.05, 4.69) is 34.2 Å². The van der Waals surface area contributed by atoms with Crippen LogP contribution in [-0.2, 0) is 5.41 Å². The first kappa shape index (κ1) is 18.0. The fraction of sp³-hybridized carbons (Fsp3) is 0.474. The van der Waals surface area contributed by atoms with Crippen molar-refractivity contribution in [2.45, 2.75) is 41.5 Å². The van der Waals surface area contributed by atoms with Crippen LogP contribution in [-0.4, -0.2) is 41.2 Å². The molecule has 25 heavy (non-hydrogen) atoms. The highest BCUT2D eigenvalue weighted by atomic mass is 32.2. The number of nitrogens with zero attached hydrogens (tertiary/aromatic N) is 2. The quantitative estimate of drug-likeness (QED) is 0.603. The molecule has 1 fully saturated rings. The molecule has 0 bridgehead atoms. The van der Waals surface area contributed by atoms with Crippen LogP contribution in [0.4, 0.5) is 0 Å². The number of aromatic nitrogens is 2. The molecule has 5 nitrogen and oxygen atoms in total. The summed E-state index contributed by atoms with van der Waals surface area (Å²) in [5.74, 6) is 0.928. The summed E-state index contributed by atoms with van der Waals surface area (Å²) >= 11 is 1.51. The first-order valence-electron chi connectivity index (χ1n) is 8.52. The van der Waals surface area contributed by atoms with Gasteiger partial charge >= 0.3 is 0 Å². The lowest BCUT2D eigenvalue weighted by molar-refractivity contribution is 0.246. The molecule has 0 spiro atoms. The van der Waals surface area contributed by atoms with E-state index in [0.29, 0.717) is 16.9 Å². The van der Waals surface area contributed by atoms with E-state index in [1.54, 1.807) is 20.3 Å². The average molecular weight is 360 g/mol. The van der Waals surface area contributed by atoms with E-state index in [4.69, 9.17) is 9.47 Å². The van der Waals surface area contributed by atoms with Gasteiger partial charge in [0.15, 0.2) is 5.16 Å². The van der Waals surface area contributed by atoms with Crippen molar-refractivity contribution >= 4 is 11.8 Å². The summed E-state index contributed by atoms with van der Waals surface area (Å²) in [5, 5.41) is 10.7. The predicted molar refractivity (Wildman–Crippen MR) is 98.5 cm³/mol. The molecule has 1 atom stereocenters. The van der Waals surface area contributed by atoms with Gasteiger partial charge in [-0.25, -0.2) is 0 Å². The van der Waals surface area contributed by atoms with Crippen LogP contribution in [0.2, 0.25) is 0 Å². The van der Waals surface area contributed by atoms with Crippen molar-refractivity contribution in [1.29, 1.82) is 0 Å². The highest BCUT2D eigenvalue weighted by Gasteiger charge is 2.43. The largest absolute Gasteiger partial charge is 0.481 e. The molecule has 1 saturated carbocycles. The molecule has 1 aromatic carbocycles. The molecule has 0 radical (unpaired) electrons. The number of methoxy groups -OCH3 is 2. The Labute approximate surface area is 152 Å². The monoisotopic (exact) mass is 360 g/mol. The third kappa shape index (κ3) is 3.75. The summed E-state index contributed by atoms with van der Waals surface area (Å²) in [5.41, 5.74) is 1.23. The summed E-state index contributed by atoms with van der Waals surface area (Å²) in [6.45, 7) is 0.0719. The second kappa shape index (κ2) is 8.06. The van der Waals surface area contributed by atoms with E-state index >= 15 is 0 Å². The zero-order chi connectivity index (χ0) is 17.7. The van der Waals surface area contributed by atoms with Crippen molar-refractivity contribution < 1.29 is 14.6 Å². The van der Waals surface area contributed by atoms with Gasteiger partial charge in [0, 0.05) is 10.7 Å². The van der Waals surface area contributed by atoms with Gasteiger partial charge in [-0.15, -0.1) is 0 Å². The Hall–Kier alpha value is -1.79. The molecule has 2 aromatic rings. The van der Waals surface area contributed by atoms with Gasteiger partial charge in [-0.2, -0.15) is 9.97 Å². The number of aliphatic hydroxyl groups is 1. The third-order valence-electron chi connectivity index (χ3n) is 4.95. The maximum absolute atomic E-state index is 10.2. The smallest absolute Gasteiger partial charge is 0.220 e. The van der Waals surface area contributed by atoms with Crippen molar-refractivity contribution in [1.82, 2.24) is 9.97 Å². The van der Waals surface area contributed by atoms with Crippen LogP contribution >= 0.6 is 11.8 Å². The SMILES string of the molecule is COc1cc(OC)nc(SC(CO)C2(c3ccccc3)CCCC2)n1. The Morgan fingerprint density at radius 3 is 2.20 bits per heavy atom. The van der Waals surface area contributed by atoms with Crippen LogP contribution in [0, 0.1) is 0 Å². The minimum atomic E-state index is -0.0552. The highest BCUT2D eigenvalue weighted by molar-refractivity contribution is 7.99. The Kier molecular flexibility index (Phi) is 5.81. The second-order valence-electron chi connectivity index (χ2n) is 6.25. The van der Waals surface area contributed by atoms with E-state index in [1.165, 1.54) is 30.2 Å². The number of aliphatic hydroxyl groups excluding tert-OH is 1. The summed E-state index contributed by atoms with van der Waals surface area (Å²) in [6.07, 6.45) is 4.48. The molecule has 1 aliphatic carbocycles. The number of thioether (sulfide) groups is 1. The molecule has 0 saturated heterocycles. The molecular formula is C19H24N2O3S. The fourth-order valence-corrected chi connectivity index (χ4v) is 4.88. The van der Waals surface area contributed by atoms with Gasteiger partial charge in [0.05, 0.1) is 26.9 Å². The van der Waals surface area contributed by atoms with Crippen molar-refractivity contribution in [3.05, 3.63) is 42.0 Å². The normalized spacial score (nSPS) is 17.2. The molecular weight excluding hydrogens is 336 g/mol. The van der Waals surface area contributed by atoms with E-state index in [1.807, 2.05) is 6.07 Å². The van der Waals surface area contributed by atoms with E-state index in [-0.39, 0.29) is 17.3 Å². The standard InChI is InChI=1S/C19H24N2O3S/c1-23-16-12-17(24-2)21-18(20-16)25-15(13-22)19(10-6-7-11-19)14-8-4-3-5-9-14/h3-5,8-9,12,15,22H,6-7,10-11,13H2,1-2H3. The van der Waals surface area contributed by atoms with Crippen LogP contribution in [0.1, 0.15) is 31.2 Å². The predicted octanol–water partition coefficient (Wildman–Crippen LogP) is 3.46. The lowest BCUT2D eigenvalue weighted by Crippen LogP contribution is -2.37. The number of benzene rings is 1. The number of hydrogen-bond donors (Lipinski definition) is 1. The first-order chi connectivity index (χ1) is 12.2. The number of rotatable bonds is 7. The van der Waals surface area contributed by atoms with E-state index < -0.39 is 0 Å². The van der Waals surface area contributed by atoms with Crippen molar-refractivity contribution in [3.63, 3.8) is 0 Å². The molecule has 1 heterocycles. The molecule has 0 aliphatic heterocycles. The van der Waals surface area contributed by atoms with Crippen LogP contribution in [0.5, 0.6) is 11.8 Å². The minimum absolute atomic E-state index is 0.0192. The number of hydrogen-bond acceptors (Lipinski definition) is 6. The molecule has 1 N–H and O–H groups in total. The van der Waals surface area contributed by atoms with Gasteiger partial charge in [0.1, 0.15) is 0 Å². The second-order valence-corrected chi connectivity index (χ2v) is 7.42. The van der Waals surface area contributed by atoms with Gasteiger partial charge in [-0.05, 0) is 18.4 Å². The zero-order valence-corrected chi connectivity index (χ0v) is 15.5. The molecule has 1 aromatic heterocycles. The Balaban J connectivity index is 1.93. The molecule has 3 rings (SSSR count). The van der Waals surface area contributed by atoms with Gasteiger partial charge in [0.2, 0.25) is 11.8 Å². The summed E-state index contributed by atoms with van der Waals surface area (Å²) in [6, 6.07) is 12.2. The lowest BCUT2D eigenvalue weighted by atomic mass is 9.76. The maximum Gasteiger partial charge on any atom is 0.220 e. The summed E-state index contributed by atoms with van der Waals surface area (Å²) < 4.78 is 10.5. The van der Waals surface area contributed by atoms with Crippen molar-refractivity contribution in [2.75, 3.05) is 20.8 Å². The van der Waals surface area contributed by atoms with Crippen LogP contribution < -0.4 is 9.47 Å². The lowest BCUT2D eigenvalue weighted by Gasteiger charge is -2.36. The topological polar surface area (TPSA) is 64.5 Å². The molecule has 1 unspecified atom stereocenters. The first-order valence-corrected chi connectivity index (χ1v) is 9.40. The molecule has 134 valence electrons.